The number of ether oxygens (including phenoxy) is 2. The van der Waals surface area contributed by atoms with Crippen LogP contribution in [0.1, 0.15) is 322 Å². The molecule has 0 spiro atoms. The molecular formula is C72H131NO8. The van der Waals surface area contributed by atoms with Gasteiger partial charge in [-0.2, -0.15) is 0 Å². The molecule has 0 bridgehead atoms. The molecule has 0 aliphatic carbocycles. The van der Waals surface area contributed by atoms with E-state index in [2.05, 4.69) is 79.9 Å². The third-order valence-corrected chi connectivity index (χ3v) is 16.3. The molecule has 9 heteroatoms. The molecule has 6 N–H and O–H groups in total. The van der Waals surface area contributed by atoms with Crippen LogP contribution in [0.15, 0.2) is 72.9 Å². The minimum atomic E-state index is -1.57. The van der Waals surface area contributed by atoms with Crippen LogP contribution in [0, 0.1) is 0 Å². The number of aliphatic hydroxyl groups is 5. The lowest BCUT2D eigenvalue weighted by Gasteiger charge is -2.40. The average Bonchev–Trinajstić information content (AvgIpc) is 3.47. The molecule has 1 fully saturated rings. The van der Waals surface area contributed by atoms with Crippen molar-refractivity contribution in [3.8, 4) is 0 Å². The summed E-state index contributed by atoms with van der Waals surface area (Å²) in [6, 6.07) is -0.825. The van der Waals surface area contributed by atoms with Crippen LogP contribution in [0.3, 0.4) is 0 Å². The third kappa shape index (κ3) is 49.6. The van der Waals surface area contributed by atoms with Crippen LogP contribution in [0.2, 0.25) is 0 Å². The van der Waals surface area contributed by atoms with Crippen LogP contribution in [-0.2, 0) is 14.3 Å². The highest BCUT2D eigenvalue weighted by molar-refractivity contribution is 5.76. The Balaban J connectivity index is 2.15. The van der Waals surface area contributed by atoms with Gasteiger partial charge in [-0.15, -0.1) is 0 Å². The topological polar surface area (TPSA) is 149 Å². The van der Waals surface area contributed by atoms with Crippen LogP contribution in [-0.4, -0.2) is 87.5 Å². The summed E-state index contributed by atoms with van der Waals surface area (Å²) in [6.07, 6.45) is 78.7. The summed E-state index contributed by atoms with van der Waals surface area (Å²) in [5.41, 5.74) is 0. The number of carbonyl (C=O) groups is 1. The number of carbonyl (C=O) groups excluding carboxylic acids is 1. The van der Waals surface area contributed by atoms with Crippen molar-refractivity contribution in [3.63, 3.8) is 0 Å². The van der Waals surface area contributed by atoms with E-state index in [-0.39, 0.29) is 12.5 Å². The predicted octanol–water partition coefficient (Wildman–Crippen LogP) is 18.8. The van der Waals surface area contributed by atoms with Gasteiger partial charge in [0.05, 0.1) is 25.4 Å². The number of unbranched alkanes of at least 4 members (excludes halogenated alkanes) is 40. The quantitative estimate of drug-likeness (QED) is 0.0261. The monoisotopic (exact) mass is 1140 g/mol. The van der Waals surface area contributed by atoms with Gasteiger partial charge in [0.15, 0.2) is 6.29 Å². The summed E-state index contributed by atoms with van der Waals surface area (Å²) in [6.45, 7) is 3.69. The predicted molar refractivity (Wildman–Crippen MR) is 345 cm³/mol. The summed E-state index contributed by atoms with van der Waals surface area (Å²) in [5.74, 6) is -0.183. The molecule has 9 nitrogen and oxygen atoms in total. The van der Waals surface area contributed by atoms with E-state index in [9.17, 15) is 30.3 Å². The van der Waals surface area contributed by atoms with Crippen LogP contribution < -0.4 is 5.32 Å². The minimum absolute atomic E-state index is 0.183. The van der Waals surface area contributed by atoms with E-state index >= 15 is 0 Å². The second kappa shape index (κ2) is 60.7. The summed E-state index contributed by atoms with van der Waals surface area (Å²) in [7, 11) is 0. The van der Waals surface area contributed by atoms with Crippen LogP contribution >= 0.6 is 0 Å². The number of aliphatic hydroxyl groups excluding tert-OH is 5. The third-order valence-electron chi connectivity index (χ3n) is 16.3. The summed E-state index contributed by atoms with van der Waals surface area (Å²) in [4.78, 5) is 13.1. The lowest BCUT2D eigenvalue weighted by molar-refractivity contribution is -0.302. The maximum absolute atomic E-state index is 13.1. The maximum Gasteiger partial charge on any atom is 0.220 e. The van der Waals surface area contributed by atoms with Crippen molar-refractivity contribution >= 4 is 5.91 Å². The fourth-order valence-electron chi connectivity index (χ4n) is 10.9. The van der Waals surface area contributed by atoms with E-state index < -0.39 is 49.5 Å². The first-order chi connectivity index (χ1) is 39.8. The fourth-order valence-corrected chi connectivity index (χ4v) is 10.9. The molecule has 1 aliphatic rings. The zero-order chi connectivity index (χ0) is 58.6. The number of hydrogen-bond donors (Lipinski definition) is 6. The molecule has 0 radical (unpaired) electrons. The Morgan fingerprint density at radius 2 is 0.778 bits per heavy atom. The van der Waals surface area contributed by atoms with Gasteiger partial charge < -0.3 is 40.3 Å². The minimum Gasteiger partial charge on any atom is -0.394 e. The molecule has 81 heavy (non-hydrogen) atoms. The molecule has 0 saturated carbocycles. The van der Waals surface area contributed by atoms with Crippen molar-refractivity contribution in [1.82, 2.24) is 5.32 Å². The van der Waals surface area contributed by atoms with Crippen LogP contribution in [0.5, 0.6) is 0 Å². The molecular weight excluding hydrogens is 1010 g/mol. The lowest BCUT2D eigenvalue weighted by Crippen LogP contribution is -2.60. The normalized spacial score (nSPS) is 18.8. The highest BCUT2D eigenvalue weighted by Crippen LogP contribution is 2.23. The Morgan fingerprint density at radius 1 is 0.432 bits per heavy atom. The zero-order valence-corrected chi connectivity index (χ0v) is 52.8. The Bertz CT molecular complexity index is 1510. The van der Waals surface area contributed by atoms with Gasteiger partial charge in [0.1, 0.15) is 24.4 Å². The molecule has 1 amide bonds. The molecule has 0 aromatic carbocycles. The number of allylic oxidation sites excluding steroid dienone is 11. The lowest BCUT2D eigenvalue weighted by atomic mass is 9.99. The van der Waals surface area contributed by atoms with Crippen molar-refractivity contribution in [2.24, 2.45) is 0 Å². The van der Waals surface area contributed by atoms with Gasteiger partial charge in [-0.05, 0) is 70.6 Å². The van der Waals surface area contributed by atoms with Crippen molar-refractivity contribution in [2.75, 3.05) is 13.2 Å². The molecule has 1 aliphatic heterocycles. The average molecular weight is 1140 g/mol. The highest BCUT2D eigenvalue weighted by Gasteiger charge is 2.44. The van der Waals surface area contributed by atoms with Gasteiger partial charge in [-0.3, -0.25) is 4.79 Å². The molecule has 7 atom stereocenters. The van der Waals surface area contributed by atoms with E-state index in [1.165, 1.54) is 238 Å². The van der Waals surface area contributed by atoms with E-state index in [4.69, 9.17) is 9.47 Å². The van der Waals surface area contributed by atoms with E-state index in [1.54, 1.807) is 6.08 Å². The molecule has 1 rings (SSSR count). The number of nitrogens with one attached hydrogen (secondary N) is 1. The van der Waals surface area contributed by atoms with E-state index in [1.807, 2.05) is 6.08 Å². The summed E-state index contributed by atoms with van der Waals surface area (Å²) >= 11 is 0. The number of hydrogen-bond acceptors (Lipinski definition) is 8. The van der Waals surface area contributed by atoms with E-state index in [0.29, 0.717) is 6.42 Å². The van der Waals surface area contributed by atoms with Crippen LogP contribution in [0.4, 0.5) is 0 Å². The molecule has 1 heterocycles. The second-order valence-electron chi connectivity index (χ2n) is 23.9. The largest absolute Gasteiger partial charge is 0.394 e. The zero-order valence-electron chi connectivity index (χ0n) is 52.8. The SMILES string of the molecule is CC/C=C\C/C=C\C/C=C\C/C=C\CCCCCCCCCCCCCCCCCCCCC(=O)NC(COC1OC(CO)C(O)C(O)C1O)C(O)/C=C/CC/C=C/CCCCCCCCCCCCCCCCCCCCCCC. The van der Waals surface area contributed by atoms with Gasteiger partial charge >= 0.3 is 0 Å². The Hall–Kier alpha value is -2.37. The Kier molecular flexibility index (Phi) is 57.5. The standard InChI is InChI=1S/C72H131NO8/c1-3-5-7-9-11-13-15-17-19-21-23-25-27-29-31-32-33-34-36-38-40-42-44-46-48-50-52-54-56-58-60-62-68(76)73-65(64-80-72-71(79)70(78)69(77)67(63-74)81-72)66(75)61-59-57-55-53-51-49-47-45-43-41-39-37-35-30-28-26-24-22-20-18-16-14-12-10-8-6-4-2/h5,7,11,13,17,19,23,25,51,53,59,61,65-67,69-72,74-75,77-79H,3-4,6,8-10,12,14-16,18,20-22,24,26-50,52,54-58,60,62-64H2,1-2H3,(H,73,76)/b7-5-,13-11-,19-17-,25-23-,53-51+,61-59+. The van der Waals surface area contributed by atoms with Gasteiger partial charge in [-0.25, -0.2) is 0 Å². The maximum atomic E-state index is 13.1. The van der Waals surface area contributed by atoms with Crippen LogP contribution in [0.25, 0.3) is 0 Å². The smallest absolute Gasteiger partial charge is 0.220 e. The molecule has 7 unspecified atom stereocenters. The first-order valence-electron chi connectivity index (χ1n) is 34.7. The molecule has 472 valence electrons. The molecule has 0 aromatic rings. The summed E-state index contributed by atoms with van der Waals surface area (Å²) < 4.78 is 11.3. The number of rotatable bonds is 60. The van der Waals surface area contributed by atoms with Crippen molar-refractivity contribution in [3.05, 3.63) is 72.9 Å². The van der Waals surface area contributed by atoms with Crippen molar-refractivity contribution in [1.29, 1.82) is 0 Å². The van der Waals surface area contributed by atoms with Gasteiger partial charge in [0, 0.05) is 6.42 Å². The first-order valence-corrected chi connectivity index (χ1v) is 34.7. The van der Waals surface area contributed by atoms with Gasteiger partial charge in [0.25, 0.3) is 0 Å². The number of amides is 1. The Morgan fingerprint density at radius 3 is 1.19 bits per heavy atom. The summed E-state index contributed by atoms with van der Waals surface area (Å²) in [5, 5.41) is 54.7. The fraction of sp³-hybridized carbons (Fsp3) is 0.819. The van der Waals surface area contributed by atoms with Gasteiger partial charge in [-0.1, -0.05) is 318 Å². The second-order valence-corrected chi connectivity index (χ2v) is 23.9. The first kappa shape index (κ1) is 76.6. The van der Waals surface area contributed by atoms with Crippen molar-refractivity contribution < 1.29 is 39.8 Å². The molecule has 1 saturated heterocycles. The van der Waals surface area contributed by atoms with Gasteiger partial charge in [0.2, 0.25) is 5.91 Å². The highest BCUT2D eigenvalue weighted by atomic mass is 16.7. The molecule has 0 aromatic heterocycles. The Labute approximate surface area is 499 Å². The van der Waals surface area contributed by atoms with E-state index in [0.717, 1.165) is 64.2 Å². The van der Waals surface area contributed by atoms with Crippen molar-refractivity contribution in [2.45, 2.75) is 365 Å².